The van der Waals surface area contributed by atoms with E-state index < -0.39 is 18.0 Å². The van der Waals surface area contributed by atoms with Crippen LogP contribution >= 0.6 is 23.5 Å². The van der Waals surface area contributed by atoms with Crippen molar-refractivity contribution in [1.82, 2.24) is 5.48 Å². The van der Waals surface area contributed by atoms with Crippen molar-refractivity contribution in [3.05, 3.63) is 118 Å². The van der Waals surface area contributed by atoms with Crippen molar-refractivity contribution >= 4 is 52.7 Å². The minimum absolute atomic E-state index is 0.00787. The molecule has 0 heterocycles. The molecule has 1 atom stereocenters. The fourth-order valence-electron chi connectivity index (χ4n) is 5.54. The van der Waals surface area contributed by atoms with Gasteiger partial charge in [0.05, 0.1) is 0 Å². The lowest BCUT2D eigenvalue weighted by atomic mass is 10.0. The number of nitrogens with zero attached hydrogens (tertiary/aromatic N) is 1. The van der Waals surface area contributed by atoms with Crippen molar-refractivity contribution in [1.29, 1.82) is 0 Å². The molecule has 0 amide bonds. The Morgan fingerprint density at radius 1 is 0.708 bits per heavy atom. The zero-order valence-corrected chi connectivity index (χ0v) is 28.6. The van der Waals surface area contributed by atoms with Gasteiger partial charge in [0.25, 0.3) is 0 Å². The lowest BCUT2D eigenvalue weighted by Crippen LogP contribution is -2.38. The van der Waals surface area contributed by atoms with Gasteiger partial charge in [-0.2, -0.15) is 0 Å². The average molecular weight is 679 g/mol. The third kappa shape index (κ3) is 7.46. The number of hydrogen-bond donors (Lipinski definition) is 1. The van der Waals surface area contributed by atoms with Crippen LogP contribution in [0, 0.1) is 0 Å². The van der Waals surface area contributed by atoms with Gasteiger partial charge < -0.3 is 9.68 Å². The van der Waals surface area contributed by atoms with Crippen LogP contribution in [-0.4, -0.2) is 35.3 Å². The van der Waals surface area contributed by atoms with Crippen LogP contribution in [0.3, 0.4) is 0 Å². The van der Waals surface area contributed by atoms with Crippen LogP contribution in [0.4, 0.5) is 0 Å². The first-order chi connectivity index (χ1) is 23.0. The summed E-state index contributed by atoms with van der Waals surface area (Å²) < 4.78 is 0. The van der Waals surface area contributed by atoms with E-state index in [4.69, 9.17) is 9.68 Å². The molecule has 4 aromatic carbocycles. The largest absolute Gasteiger partial charge is 0.445 e. The number of oxime groups is 1. The normalized spacial score (nSPS) is 16.0. The number of hydroxylamine groups is 1. The first-order valence-electron chi connectivity index (χ1n) is 15.7. The van der Waals surface area contributed by atoms with E-state index in [0.29, 0.717) is 23.0 Å². The van der Waals surface area contributed by atoms with Gasteiger partial charge >= 0.3 is 11.9 Å². The molecule has 0 radical (unpaired) electrons. The van der Waals surface area contributed by atoms with Gasteiger partial charge in [0.2, 0.25) is 5.78 Å². The summed E-state index contributed by atoms with van der Waals surface area (Å²) in [5, 5.41) is 3.68. The maximum Gasteiger partial charge on any atom is 0.445 e. The molecule has 244 valence electrons. The summed E-state index contributed by atoms with van der Waals surface area (Å²) in [6.07, 6.45) is 0.448. The van der Waals surface area contributed by atoms with Crippen molar-refractivity contribution in [2.24, 2.45) is 5.16 Å². The van der Waals surface area contributed by atoms with Crippen LogP contribution in [0.15, 0.2) is 110 Å². The van der Waals surface area contributed by atoms with Crippen LogP contribution in [0.25, 0.3) is 0 Å². The Morgan fingerprint density at radius 2 is 1.23 bits per heavy atom. The number of hydrogen-bond acceptors (Lipinski definition) is 10. The van der Waals surface area contributed by atoms with Crippen LogP contribution < -0.4 is 5.48 Å². The van der Waals surface area contributed by atoms with Gasteiger partial charge in [-0.05, 0) is 101 Å². The molecule has 0 aliphatic heterocycles. The number of benzene rings is 4. The molecule has 2 aliphatic carbocycles. The molecular formula is C38H34N2O6S2. The molecule has 0 spiro atoms. The monoisotopic (exact) mass is 678 g/mol. The number of Topliss-reactive ketones (excluding diaryl/α,β-unsaturated/α-hetero) is 2. The first-order valence-corrected chi connectivity index (χ1v) is 17.3. The second kappa shape index (κ2) is 14.3. The number of fused-ring (bicyclic) bond motifs is 2. The number of carbonyl (C=O) groups is 4. The van der Waals surface area contributed by atoms with Crippen LogP contribution in [0.1, 0.15) is 82.5 Å². The minimum atomic E-state index is -1.41. The summed E-state index contributed by atoms with van der Waals surface area (Å²) >= 11 is 3.18. The Morgan fingerprint density at radius 3 is 1.79 bits per heavy atom. The minimum Gasteiger partial charge on any atom is -0.361 e. The highest BCUT2D eigenvalue weighted by Crippen LogP contribution is 2.34. The molecule has 6 rings (SSSR count). The fraction of sp³-hybridized carbons (Fsp3) is 0.237. The number of ketones is 2. The molecule has 10 heteroatoms. The number of rotatable bonds is 9. The summed E-state index contributed by atoms with van der Waals surface area (Å²) in [5.74, 6) is -2.51. The second-order valence-electron chi connectivity index (χ2n) is 12.3. The van der Waals surface area contributed by atoms with Gasteiger partial charge in [0.1, 0.15) is 11.8 Å². The highest BCUT2D eigenvalue weighted by Gasteiger charge is 2.33. The van der Waals surface area contributed by atoms with Gasteiger partial charge in [-0.1, -0.05) is 80.6 Å². The smallest absolute Gasteiger partial charge is 0.361 e. The van der Waals surface area contributed by atoms with Gasteiger partial charge in [-0.25, -0.2) is 9.59 Å². The summed E-state index contributed by atoms with van der Waals surface area (Å²) in [6.45, 7) is 8.60. The van der Waals surface area contributed by atoms with Gasteiger partial charge in [-0.3, -0.25) is 9.59 Å². The predicted octanol–water partition coefficient (Wildman–Crippen LogP) is 7.73. The van der Waals surface area contributed by atoms with E-state index in [2.05, 4.69) is 86.9 Å². The van der Waals surface area contributed by atoms with Crippen molar-refractivity contribution in [2.75, 3.05) is 0 Å². The van der Waals surface area contributed by atoms with Crippen LogP contribution in [0.5, 0.6) is 0 Å². The Hall–Kier alpha value is -4.51. The molecule has 1 unspecified atom stereocenters. The SMILES string of the molecule is CC(C)c1ccc(Sc2ccc3c(c2)CC(=NOC(=O)C(=O)ONC2Cc4cc(Sc5ccc(C(C)C)cc5)ccc4C2=O)C3=O)cc1. The zero-order chi connectivity index (χ0) is 33.9. The molecule has 0 aromatic heterocycles. The standard InChI is InChI=1S/C38H34N2O6S2/c1-21(2)23-5-9-27(10-6-23)47-29-13-15-31-25(17-29)19-33(35(31)41)39-45-37(43)38(44)46-40-34-20-26-18-30(14-16-32(26)36(34)42)48-28-11-7-24(8-12-28)22(3)4/h5-18,21-22,33,39H,19-20H2,1-4H3. The summed E-state index contributed by atoms with van der Waals surface area (Å²) in [5.41, 5.74) is 7.52. The van der Waals surface area contributed by atoms with Crippen molar-refractivity contribution in [3.63, 3.8) is 0 Å². The maximum absolute atomic E-state index is 12.9. The van der Waals surface area contributed by atoms with E-state index in [9.17, 15) is 19.2 Å². The molecule has 8 nitrogen and oxygen atoms in total. The average Bonchev–Trinajstić information content (AvgIpc) is 3.56. The van der Waals surface area contributed by atoms with E-state index in [-0.39, 0.29) is 30.1 Å². The van der Waals surface area contributed by atoms with Crippen LogP contribution in [-0.2, 0) is 32.1 Å². The molecule has 2 aliphatic rings. The summed E-state index contributed by atoms with van der Waals surface area (Å²) in [4.78, 5) is 64.2. The quantitative estimate of drug-likeness (QED) is 0.108. The Balaban J connectivity index is 0.999. The zero-order valence-electron chi connectivity index (χ0n) is 26.9. The van der Waals surface area contributed by atoms with Gasteiger partial charge in [-0.15, -0.1) is 5.48 Å². The fourth-order valence-corrected chi connectivity index (χ4v) is 7.31. The topological polar surface area (TPSA) is 111 Å². The highest BCUT2D eigenvalue weighted by molar-refractivity contribution is 7.99. The number of nitrogens with one attached hydrogen (secondary N) is 1. The van der Waals surface area contributed by atoms with E-state index >= 15 is 0 Å². The molecular weight excluding hydrogens is 645 g/mol. The predicted molar refractivity (Wildman–Crippen MR) is 185 cm³/mol. The lowest BCUT2D eigenvalue weighted by Gasteiger charge is -2.09. The molecule has 0 saturated heterocycles. The van der Waals surface area contributed by atoms with Gasteiger partial charge in [0.15, 0.2) is 5.78 Å². The third-order valence-electron chi connectivity index (χ3n) is 8.29. The second-order valence-corrected chi connectivity index (χ2v) is 14.6. The molecule has 4 aromatic rings. The first kappa shape index (κ1) is 33.4. The highest BCUT2D eigenvalue weighted by atomic mass is 32.2. The Labute approximate surface area is 287 Å². The summed E-state index contributed by atoms with van der Waals surface area (Å²) in [6, 6.07) is 27.0. The van der Waals surface area contributed by atoms with E-state index in [1.807, 2.05) is 24.3 Å². The maximum atomic E-state index is 12.9. The van der Waals surface area contributed by atoms with E-state index in [0.717, 1.165) is 30.7 Å². The Bertz CT molecular complexity index is 1930. The Kier molecular flexibility index (Phi) is 9.96. The van der Waals surface area contributed by atoms with Gasteiger partial charge in [0, 0.05) is 37.1 Å². The third-order valence-corrected chi connectivity index (χ3v) is 10.3. The molecule has 1 N–H and O–H groups in total. The van der Waals surface area contributed by atoms with Crippen molar-refractivity contribution in [3.8, 4) is 0 Å². The molecule has 0 fully saturated rings. The van der Waals surface area contributed by atoms with Crippen molar-refractivity contribution in [2.45, 2.75) is 78.0 Å². The molecule has 0 bridgehead atoms. The molecule has 48 heavy (non-hydrogen) atoms. The van der Waals surface area contributed by atoms with E-state index in [1.54, 1.807) is 35.7 Å². The van der Waals surface area contributed by atoms with E-state index in [1.165, 1.54) is 11.1 Å². The van der Waals surface area contributed by atoms with Crippen molar-refractivity contribution < 1.29 is 28.9 Å². The number of carbonyl (C=O) groups excluding carboxylic acids is 4. The van der Waals surface area contributed by atoms with Crippen LogP contribution in [0.2, 0.25) is 0 Å². The lowest BCUT2D eigenvalue weighted by molar-refractivity contribution is -0.172. The molecule has 0 saturated carbocycles. The summed E-state index contributed by atoms with van der Waals surface area (Å²) in [7, 11) is 0.